The first-order chi connectivity index (χ1) is 13.3. The summed E-state index contributed by atoms with van der Waals surface area (Å²) < 4.78 is 11.0. The second-order valence-electron chi connectivity index (χ2n) is 6.23. The van der Waals surface area contributed by atoms with Gasteiger partial charge in [-0.1, -0.05) is 30.3 Å². The summed E-state index contributed by atoms with van der Waals surface area (Å²) in [7, 11) is 1.67. The zero-order valence-corrected chi connectivity index (χ0v) is 15.0. The Morgan fingerprint density at radius 1 is 0.963 bits per heavy atom. The minimum absolute atomic E-state index is 0.0274. The Kier molecular flexibility index (Phi) is 4.74. The highest BCUT2D eigenvalue weighted by atomic mass is 16.5. The van der Waals surface area contributed by atoms with Crippen LogP contribution in [0.1, 0.15) is 10.7 Å². The molecule has 7 heteroatoms. The van der Waals surface area contributed by atoms with Gasteiger partial charge < -0.3 is 19.0 Å². The van der Waals surface area contributed by atoms with Crippen LogP contribution < -0.4 is 9.64 Å². The van der Waals surface area contributed by atoms with Gasteiger partial charge in [0.1, 0.15) is 5.75 Å². The van der Waals surface area contributed by atoms with Gasteiger partial charge in [-0.3, -0.25) is 4.79 Å². The number of para-hydroxylation sites is 2. The van der Waals surface area contributed by atoms with Crippen LogP contribution in [0.2, 0.25) is 0 Å². The minimum atomic E-state index is -0.232. The maximum atomic E-state index is 12.7. The molecule has 1 amide bonds. The third kappa shape index (κ3) is 3.48. The first-order valence-corrected chi connectivity index (χ1v) is 8.82. The Labute approximate surface area is 157 Å². The molecule has 0 saturated carbocycles. The fourth-order valence-electron chi connectivity index (χ4n) is 3.18. The highest BCUT2D eigenvalue weighted by Gasteiger charge is 2.27. The number of rotatable bonds is 4. The molecule has 0 bridgehead atoms. The van der Waals surface area contributed by atoms with Crippen LogP contribution in [0.3, 0.4) is 0 Å². The summed E-state index contributed by atoms with van der Waals surface area (Å²) in [6.45, 7) is 2.59. The number of aromatic nitrogens is 2. The molecule has 0 aliphatic carbocycles. The number of methoxy groups -OCH3 is 1. The summed E-state index contributed by atoms with van der Waals surface area (Å²) in [5.74, 6) is 0.984. The molecule has 0 atom stereocenters. The predicted octanol–water partition coefficient (Wildman–Crippen LogP) is 2.71. The van der Waals surface area contributed by atoms with Crippen molar-refractivity contribution in [2.75, 3.05) is 38.2 Å². The highest BCUT2D eigenvalue weighted by Crippen LogP contribution is 2.28. The van der Waals surface area contributed by atoms with Crippen LogP contribution in [0.25, 0.3) is 11.5 Å². The van der Waals surface area contributed by atoms with E-state index in [-0.39, 0.29) is 11.8 Å². The number of piperazine rings is 1. The van der Waals surface area contributed by atoms with E-state index in [0.717, 1.165) is 17.0 Å². The molecular formula is C20H20N4O3. The van der Waals surface area contributed by atoms with Crippen molar-refractivity contribution < 1.29 is 13.9 Å². The molecule has 27 heavy (non-hydrogen) atoms. The first kappa shape index (κ1) is 17.1. The van der Waals surface area contributed by atoms with Gasteiger partial charge in [-0.05, 0) is 24.3 Å². The summed E-state index contributed by atoms with van der Waals surface area (Å²) in [4.78, 5) is 16.7. The molecule has 2 heterocycles. The van der Waals surface area contributed by atoms with Crippen molar-refractivity contribution >= 4 is 11.6 Å². The van der Waals surface area contributed by atoms with Crippen molar-refractivity contribution in [2.24, 2.45) is 0 Å². The smallest absolute Gasteiger partial charge is 0.311 e. The number of benzene rings is 2. The van der Waals surface area contributed by atoms with E-state index in [2.05, 4.69) is 15.1 Å². The lowest BCUT2D eigenvalue weighted by molar-refractivity contribution is 0.0707. The Balaban J connectivity index is 1.43. The second kappa shape index (κ2) is 7.49. The van der Waals surface area contributed by atoms with Crippen molar-refractivity contribution in [1.29, 1.82) is 0 Å². The minimum Gasteiger partial charge on any atom is -0.495 e. The molecule has 1 aromatic heterocycles. The zero-order valence-electron chi connectivity index (χ0n) is 15.0. The number of carbonyl (C=O) groups is 1. The molecule has 7 nitrogen and oxygen atoms in total. The van der Waals surface area contributed by atoms with Crippen molar-refractivity contribution in [2.45, 2.75) is 0 Å². The van der Waals surface area contributed by atoms with Crippen LogP contribution in [-0.2, 0) is 0 Å². The van der Waals surface area contributed by atoms with E-state index in [9.17, 15) is 4.79 Å². The van der Waals surface area contributed by atoms with E-state index >= 15 is 0 Å². The third-order valence-corrected chi connectivity index (χ3v) is 4.62. The molecule has 138 valence electrons. The molecule has 1 aliphatic heterocycles. The molecule has 1 saturated heterocycles. The Morgan fingerprint density at radius 2 is 1.67 bits per heavy atom. The average molecular weight is 364 g/mol. The van der Waals surface area contributed by atoms with Crippen LogP contribution in [0.4, 0.5) is 5.69 Å². The lowest BCUT2D eigenvalue weighted by atomic mass is 10.2. The average Bonchev–Trinajstić information content (AvgIpc) is 3.24. The zero-order chi connectivity index (χ0) is 18.6. The van der Waals surface area contributed by atoms with Crippen LogP contribution in [0, 0.1) is 0 Å². The SMILES string of the molecule is COc1ccccc1N1CCN(C(=O)c2nnc(-c3ccccc3)o2)CC1. The number of carbonyl (C=O) groups excluding carboxylic acids is 1. The van der Waals surface area contributed by atoms with E-state index in [1.807, 2.05) is 54.6 Å². The standard InChI is InChI=1S/C20H20N4O3/c1-26-17-10-6-5-9-16(17)23-11-13-24(14-12-23)20(25)19-22-21-18(27-19)15-7-3-2-4-8-15/h2-10H,11-14H2,1H3. The number of hydrogen-bond acceptors (Lipinski definition) is 6. The van der Waals surface area contributed by atoms with Gasteiger partial charge in [-0.25, -0.2) is 0 Å². The lowest BCUT2D eigenvalue weighted by Crippen LogP contribution is -2.49. The van der Waals surface area contributed by atoms with Gasteiger partial charge in [0.05, 0.1) is 12.8 Å². The van der Waals surface area contributed by atoms with Gasteiger partial charge in [-0.2, -0.15) is 0 Å². The number of anilines is 1. The normalized spacial score (nSPS) is 14.3. The van der Waals surface area contributed by atoms with E-state index in [1.165, 1.54) is 0 Å². The molecule has 1 fully saturated rings. The fourth-order valence-corrected chi connectivity index (χ4v) is 3.18. The van der Waals surface area contributed by atoms with Gasteiger partial charge in [0.25, 0.3) is 0 Å². The number of ether oxygens (including phenoxy) is 1. The van der Waals surface area contributed by atoms with Crippen molar-refractivity contribution in [3.05, 3.63) is 60.5 Å². The molecule has 0 unspecified atom stereocenters. The number of amides is 1. The maximum absolute atomic E-state index is 12.7. The monoisotopic (exact) mass is 364 g/mol. The summed E-state index contributed by atoms with van der Waals surface area (Å²) in [5, 5.41) is 7.93. The maximum Gasteiger partial charge on any atom is 0.311 e. The Morgan fingerprint density at radius 3 is 2.41 bits per heavy atom. The van der Waals surface area contributed by atoms with Crippen molar-refractivity contribution in [3.8, 4) is 17.2 Å². The highest BCUT2D eigenvalue weighted by molar-refractivity contribution is 5.90. The predicted molar refractivity (Wildman–Crippen MR) is 101 cm³/mol. The van der Waals surface area contributed by atoms with Gasteiger partial charge in [0.2, 0.25) is 5.89 Å². The molecule has 0 N–H and O–H groups in total. The van der Waals surface area contributed by atoms with Crippen molar-refractivity contribution in [1.82, 2.24) is 15.1 Å². The number of hydrogen-bond donors (Lipinski definition) is 0. The summed E-state index contributed by atoms with van der Waals surface area (Å²) in [5.41, 5.74) is 1.83. The third-order valence-electron chi connectivity index (χ3n) is 4.62. The van der Waals surface area contributed by atoms with Gasteiger partial charge in [0.15, 0.2) is 0 Å². The molecule has 0 radical (unpaired) electrons. The second-order valence-corrected chi connectivity index (χ2v) is 6.23. The van der Waals surface area contributed by atoms with Crippen LogP contribution in [-0.4, -0.2) is 54.3 Å². The van der Waals surface area contributed by atoms with Gasteiger partial charge in [0, 0.05) is 31.7 Å². The molecule has 3 aromatic rings. The Bertz CT molecular complexity index is 918. The topological polar surface area (TPSA) is 71.7 Å². The fraction of sp³-hybridized carbons (Fsp3) is 0.250. The molecule has 4 rings (SSSR count). The summed E-state index contributed by atoms with van der Waals surface area (Å²) in [6.07, 6.45) is 0. The van der Waals surface area contributed by atoms with E-state index in [4.69, 9.17) is 9.15 Å². The van der Waals surface area contributed by atoms with Crippen LogP contribution >= 0.6 is 0 Å². The number of nitrogens with zero attached hydrogens (tertiary/aromatic N) is 4. The van der Waals surface area contributed by atoms with Crippen LogP contribution in [0.15, 0.2) is 59.0 Å². The van der Waals surface area contributed by atoms with Crippen LogP contribution in [0.5, 0.6) is 5.75 Å². The van der Waals surface area contributed by atoms with E-state index in [1.54, 1.807) is 12.0 Å². The molecular weight excluding hydrogens is 344 g/mol. The molecule has 1 aliphatic rings. The largest absolute Gasteiger partial charge is 0.495 e. The van der Waals surface area contributed by atoms with Crippen molar-refractivity contribution in [3.63, 3.8) is 0 Å². The van der Waals surface area contributed by atoms with E-state index in [0.29, 0.717) is 32.1 Å². The van der Waals surface area contributed by atoms with Gasteiger partial charge >= 0.3 is 11.8 Å². The van der Waals surface area contributed by atoms with Gasteiger partial charge in [-0.15, -0.1) is 10.2 Å². The first-order valence-electron chi connectivity index (χ1n) is 8.82. The molecule has 2 aromatic carbocycles. The molecule has 0 spiro atoms. The Hall–Kier alpha value is -3.35. The summed E-state index contributed by atoms with van der Waals surface area (Å²) >= 11 is 0. The quantitative estimate of drug-likeness (QED) is 0.709. The van der Waals surface area contributed by atoms with E-state index < -0.39 is 0 Å². The summed E-state index contributed by atoms with van der Waals surface area (Å²) in [6, 6.07) is 17.3. The lowest BCUT2D eigenvalue weighted by Gasteiger charge is -2.36.